The van der Waals surface area contributed by atoms with Gasteiger partial charge in [-0.3, -0.25) is 14.5 Å². The number of amides is 1. The van der Waals surface area contributed by atoms with Crippen molar-refractivity contribution in [3.05, 3.63) is 71.8 Å². The van der Waals surface area contributed by atoms with E-state index in [4.69, 9.17) is 14.2 Å². The molecule has 3 aromatic rings. The highest BCUT2D eigenvalue weighted by atomic mass is 16.6. The highest BCUT2D eigenvalue weighted by Crippen LogP contribution is 2.31. The van der Waals surface area contributed by atoms with Crippen molar-refractivity contribution >= 4 is 5.91 Å². The quantitative estimate of drug-likeness (QED) is 0.471. The molecule has 33 heavy (non-hydrogen) atoms. The van der Waals surface area contributed by atoms with Gasteiger partial charge >= 0.3 is 0 Å². The van der Waals surface area contributed by atoms with Gasteiger partial charge in [0.05, 0.1) is 26.0 Å². The summed E-state index contributed by atoms with van der Waals surface area (Å²) in [6, 6.07) is 11.6. The van der Waals surface area contributed by atoms with Crippen LogP contribution >= 0.6 is 0 Å². The molecule has 0 unspecified atom stereocenters. The second-order valence-electron chi connectivity index (χ2n) is 8.17. The Morgan fingerprint density at radius 1 is 1.21 bits per heavy atom. The van der Waals surface area contributed by atoms with Crippen LogP contribution in [0, 0.1) is 6.92 Å². The number of hydrogen-bond acceptors (Lipinski definition) is 6. The number of aryl methyl sites for hydroxylation is 2. The molecule has 8 heteroatoms. The third kappa shape index (κ3) is 6.32. The maximum Gasteiger partial charge on any atom is 0.225 e. The molecule has 0 aliphatic carbocycles. The fraction of sp³-hybridized carbons (Fsp3) is 0.400. The zero-order valence-corrected chi connectivity index (χ0v) is 19.1. The average Bonchev–Trinajstić information content (AvgIpc) is 3.50. The van der Waals surface area contributed by atoms with Crippen LogP contribution in [0.4, 0.5) is 0 Å². The smallest absolute Gasteiger partial charge is 0.225 e. The summed E-state index contributed by atoms with van der Waals surface area (Å²) in [5.74, 6) is 1.39. The molecule has 1 fully saturated rings. The number of rotatable bonds is 10. The maximum atomic E-state index is 13.2. The Labute approximate surface area is 194 Å². The third-order valence-electron chi connectivity index (χ3n) is 5.56. The topological polar surface area (TPSA) is 78.7 Å². The van der Waals surface area contributed by atoms with Gasteiger partial charge in [0.2, 0.25) is 5.91 Å². The SMILES string of the molecule is COc1cc(CN(Cc2cccnc2)C(=O)CCn2ccc(C)n2)ccc1O[C@@H]1CCOC1. The normalized spacial score (nSPS) is 15.4. The first-order chi connectivity index (χ1) is 16.1. The molecule has 8 nitrogen and oxygen atoms in total. The molecule has 0 bridgehead atoms. The van der Waals surface area contributed by atoms with Gasteiger partial charge in [0, 0.05) is 51.1 Å². The molecule has 0 radical (unpaired) electrons. The Morgan fingerprint density at radius 3 is 2.79 bits per heavy atom. The monoisotopic (exact) mass is 450 g/mol. The molecule has 1 atom stereocenters. The predicted octanol–water partition coefficient (Wildman–Crippen LogP) is 3.38. The molecule has 3 heterocycles. The lowest BCUT2D eigenvalue weighted by Crippen LogP contribution is -2.31. The highest BCUT2D eigenvalue weighted by molar-refractivity contribution is 5.76. The van der Waals surface area contributed by atoms with Gasteiger partial charge < -0.3 is 19.1 Å². The van der Waals surface area contributed by atoms with Gasteiger partial charge in [-0.2, -0.15) is 5.10 Å². The number of pyridine rings is 1. The van der Waals surface area contributed by atoms with Crippen LogP contribution in [0.15, 0.2) is 55.0 Å². The minimum Gasteiger partial charge on any atom is -0.493 e. The van der Waals surface area contributed by atoms with Crippen molar-refractivity contribution in [1.29, 1.82) is 0 Å². The molecule has 174 valence electrons. The van der Waals surface area contributed by atoms with E-state index in [1.807, 2.05) is 54.4 Å². The van der Waals surface area contributed by atoms with E-state index in [0.717, 1.165) is 23.2 Å². The van der Waals surface area contributed by atoms with Crippen molar-refractivity contribution in [3.8, 4) is 11.5 Å². The van der Waals surface area contributed by atoms with Crippen molar-refractivity contribution in [3.63, 3.8) is 0 Å². The molecule has 2 aromatic heterocycles. The number of aromatic nitrogens is 3. The van der Waals surface area contributed by atoms with Gasteiger partial charge in [0.25, 0.3) is 0 Å². The van der Waals surface area contributed by atoms with Gasteiger partial charge in [-0.1, -0.05) is 12.1 Å². The third-order valence-corrected chi connectivity index (χ3v) is 5.56. The van der Waals surface area contributed by atoms with E-state index < -0.39 is 0 Å². The first-order valence-electron chi connectivity index (χ1n) is 11.2. The first-order valence-corrected chi connectivity index (χ1v) is 11.2. The molecule has 1 aliphatic heterocycles. The number of carbonyl (C=O) groups is 1. The number of carbonyl (C=O) groups excluding carboxylic acids is 1. The molecule has 1 aromatic carbocycles. The van der Waals surface area contributed by atoms with Crippen molar-refractivity contribution in [2.24, 2.45) is 0 Å². The van der Waals surface area contributed by atoms with Crippen LogP contribution in [-0.4, -0.2) is 52.0 Å². The summed E-state index contributed by atoms with van der Waals surface area (Å²) >= 11 is 0. The van der Waals surface area contributed by atoms with E-state index in [2.05, 4.69) is 10.1 Å². The predicted molar refractivity (Wildman–Crippen MR) is 123 cm³/mol. The molecule has 1 aliphatic rings. The van der Waals surface area contributed by atoms with E-state index >= 15 is 0 Å². The molecule has 4 rings (SSSR count). The molecule has 1 saturated heterocycles. The number of ether oxygens (including phenoxy) is 3. The lowest BCUT2D eigenvalue weighted by Gasteiger charge is -2.24. The standard InChI is InChI=1S/C25H30N4O4/c1-19-7-11-29(27-19)12-8-25(30)28(17-21-4-3-10-26-15-21)16-20-5-6-23(24(14-20)31-2)33-22-9-13-32-18-22/h3-7,10-11,14-15,22H,8-9,12-13,16-18H2,1-2H3/t22-/m1/s1. The minimum atomic E-state index is 0.0411. The number of benzene rings is 1. The number of nitrogens with zero attached hydrogens (tertiary/aromatic N) is 4. The summed E-state index contributed by atoms with van der Waals surface area (Å²) in [7, 11) is 1.63. The zero-order valence-electron chi connectivity index (χ0n) is 19.1. The van der Waals surface area contributed by atoms with Gasteiger partial charge in [-0.25, -0.2) is 0 Å². The molecular formula is C25H30N4O4. The summed E-state index contributed by atoms with van der Waals surface area (Å²) < 4.78 is 18.8. The Kier molecular flexibility index (Phi) is 7.57. The van der Waals surface area contributed by atoms with Gasteiger partial charge in [-0.15, -0.1) is 0 Å². The fourth-order valence-corrected chi connectivity index (χ4v) is 3.81. The van der Waals surface area contributed by atoms with Crippen molar-refractivity contribution in [1.82, 2.24) is 19.7 Å². The maximum absolute atomic E-state index is 13.2. The first kappa shape index (κ1) is 22.8. The largest absolute Gasteiger partial charge is 0.493 e. The Morgan fingerprint density at radius 2 is 2.09 bits per heavy atom. The van der Waals surface area contributed by atoms with Crippen LogP contribution < -0.4 is 9.47 Å². The van der Waals surface area contributed by atoms with Crippen LogP contribution in [0.5, 0.6) is 11.5 Å². The van der Waals surface area contributed by atoms with E-state index in [1.165, 1.54) is 0 Å². The summed E-state index contributed by atoms with van der Waals surface area (Å²) in [6.45, 7) is 4.71. The summed E-state index contributed by atoms with van der Waals surface area (Å²) in [5, 5.41) is 4.38. The highest BCUT2D eigenvalue weighted by Gasteiger charge is 2.20. The Bertz CT molecular complexity index is 1050. The molecule has 1 amide bonds. The summed E-state index contributed by atoms with van der Waals surface area (Å²) in [4.78, 5) is 19.2. The number of hydrogen-bond donors (Lipinski definition) is 0. The lowest BCUT2D eigenvalue weighted by atomic mass is 10.1. The van der Waals surface area contributed by atoms with E-state index in [9.17, 15) is 4.79 Å². The zero-order chi connectivity index (χ0) is 23.0. The number of methoxy groups -OCH3 is 1. The summed E-state index contributed by atoms with van der Waals surface area (Å²) in [6.07, 6.45) is 6.69. The van der Waals surface area contributed by atoms with Crippen LogP contribution in [-0.2, 0) is 29.2 Å². The molecule has 0 saturated carbocycles. The lowest BCUT2D eigenvalue weighted by molar-refractivity contribution is -0.132. The second-order valence-corrected chi connectivity index (χ2v) is 8.17. The van der Waals surface area contributed by atoms with Crippen molar-refractivity contribution in [2.75, 3.05) is 20.3 Å². The van der Waals surface area contributed by atoms with E-state index in [1.54, 1.807) is 24.2 Å². The molecule has 0 spiro atoms. The van der Waals surface area contributed by atoms with Crippen LogP contribution in [0.3, 0.4) is 0 Å². The van der Waals surface area contributed by atoms with Crippen molar-refractivity contribution < 1.29 is 19.0 Å². The van der Waals surface area contributed by atoms with Crippen LogP contribution in [0.25, 0.3) is 0 Å². The molecular weight excluding hydrogens is 420 g/mol. The minimum absolute atomic E-state index is 0.0411. The fourth-order valence-electron chi connectivity index (χ4n) is 3.81. The second kappa shape index (κ2) is 11.0. The van der Waals surface area contributed by atoms with Gasteiger partial charge in [0.15, 0.2) is 11.5 Å². The average molecular weight is 451 g/mol. The Hall–Kier alpha value is -3.39. The Balaban J connectivity index is 1.47. The van der Waals surface area contributed by atoms with Crippen LogP contribution in [0.2, 0.25) is 0 Å². The van der Waals surface area contributed by atoms with Crippen LogP contribution in [0.1, 0.15) is 29.7 Å². The van der Waals surface area contributed by atoms with Gasteiger partial charge in [0.1, 0.15) is 6.10 Å². The van der Waals surface area contributed by atoms with E-state index in [0.29, 0.717) is 50.8 Å². The summed E-state index contributed by atoms with van der Waals surface area (Å²) in [5.41, 5.74) is 2.89. The molecule has 0 N–H and O–H groups in total. The van der Waals surface area contributed by atoms with Crippen molar-refractivity contribution in [2.45, 2.75) is 45.5 Å². The van der Waals surface area contributed by atoms with E-state index in [-0.39, 0.29) is 12.0 Å². The van der Waals surface area contributed by atoms with Gasteiger partial charge in [-0.05, 0) is 42.3 Å².